The summed E-state index contributed by atoms with van der Waals surface area (Å²) >= 11 is 0. The van der Waals surface area contributed by atoms with E-state index >= 15 is 0 Å². The molecule has 0 spiro atoms. The summed E-state index contributed by atoms with van der Waals surface area (Å²) in [5, 5.41) is 0. The van der Waals surface area contributed by atoms with Crippen LogP contribution in [-0.2, 0) is 24.2 Å². The van der Waals surface area contributed by atoms with Crippen LogP contribution in [0.3, 0.4) is 0 Å². The van der Waals surface area contributed by atoms with E-state index in [0.717, 1.165) is 31.6 Å². The average molecular weight is 282 g/mol. The van der Waals surface area contributed by atoms with Gasteiger partial charge in [0.1, 0.15) is 12.4 Å². The van der Waals surface area contributed by atoms with Gasteiger partial charge in [-0.15, -0.1) is 0 Å². The molecule has 0 saturated heterocycles. The zero-order valence-corrected chi connectivity index (χ0v) is 12.5. The molecule has 3 rings (SSSR count). The largest absolute Gasteiger partial charge is 0.489 e. The number of benzene rings is 2. The second kappa shape index (κ2) is 6.77. The van der Waals surface area contributed by atoms with Crippen LogP contribution in [0.15, 0.2) is 48.5 Å². The van der Waals surface area contributed by atoms with Gasteiger partial charge in [-0.25, -0.2) is 0 Å². The zero-order chi connectivity index (χ0) is 14.5. The number of ether oxygens (including phenoxy) is 2. The molecular formula is C19H22O2. The third kappa shape index (κ3) is 3.64. The summed E-state index contributed by atoms with van der Waals surface area (Å²) in [5.74, 6) is 0.965. The highest BCUT2D eigenvalue weighted by atomic mass is 16.5. The van der Waals surface area contributed by atoms with Crippen LogP contribution in [0.1, 0.15) is 30.0 Å². The van der Waals surface area contributed by atoms with Gasteiger partial charge in [-0.2, -0.15) is 0 Å². The van der Waals surface area contributed by atoms with Gasteiger partial charge < -0.3 is 9.47 Å². The Balaban J connectivity index is 1.64. The van der Waals surface area contributed by atoms with Crippen LogP contribution >= 0.6 is 0 Å². The molecule has 1 atom stereocenters. The normalized spacial score (nSPS) is 17.3. The Morgan fingerprint density at radius 2 is 1.90 bits per heavy atom. The summed E-state index contributed by atoms with van der Waals surface area (Å²) in [6.45, 7) is 3.50. The highest BCUT2D eigenvalue weighted by Crippen LogP contribution is 2.27. The quantitative estimate of drug-likeness (QED) is 0.820. The molecule has 110 valence electrons. The maximum absolute atomic E-state index is 5.90. The van der Waals surface area contributed by atoms with Gasteiger partial charge in [-0.3, -0.25) is 0 Å². The second-order valence-electron chi connectivity index (χ2n) is 5.52. The molecule has 2 heteroatoms. The zero-order valence-electron chi connectivity index (χ0n) is 12.5. The lowest BCUT2D eigenvalue weighted by Gasteiger charge is -2.24. The number of hydrogen-bond acceptors (Lipinski definition) is 2. The van der Waals surface area contributed by atoms with Crippen LogP contribution in [0.25, 0.3) is 0 Å². The lowest BCUT2D eigenvalue weighted by atomic mass is 9.89. The summed E-state index contributed by atoms with van der Waals surface area (Å²) in [6.07, 6.45) is 3.62. The van der Waals surface area contributed by atoms with Gasteiger partial charge in [0, 0.05) is 6.61 Å². The van der Waals surface area contributed by atoms with Crippen molar-refractivity contribution >= 4 is 0 Å². The molecule has 2 aromatic rings. The Kier molecular flexibility index (Phi) is 4.56. The molecule has 0 N–H and O–H groups in total. The van der Waals surface area contributed by atoms with Crippen molar-refractivity contribution in [1.82, 2.24) is 0 Å². The first kappa shape index (κ1) is 14.2. The highest BCUT2D eigenvalue weighted by molar-refractivity contribution is 5.37. The second-order valence-corrected chi connectivity index (χ2v) is 5.52. The third-order valence-electron chi connectivity index (χ3n) is 4.01. The van der Waals surface area contributed by atoms with Crippen LogP contribution in [0.5, 0.6) is 5.75 Å². The fourth-order valence-corrected chi connectivity index (χ4v) is 2.91. The molecule has 1 aliphatic rings. The number of hydrogen-bond donors (Lipinski definition) is 0. The van der Waals surface area contributed by atoms with Gasteiger partial charge in [0.15, 0.2) is 0 Å². The van der Waals surface area contributed by atoms with Gasteiger partial charge in [0.05, 0.1) is 6.10 Å². The standard InChI is InChI=1S/C19H22O2/c1-2-20-18-10-8-17-13-19(11-9-16(17)12-18)21-14-15-6-4-3-5-7-15/h3-7,9,11,13,18H,2,8,10,12,14H2,1H3. The number of rotatable bonds is 5. The van der Waals surface area contributed by atoms with Gasteiger partial charge in [-0.05, 0) is 55.0 Å². The van der Waals surface area contributed by atoms with Crippen LogP contribution < -0.4 is 4.74 Å². The topological polar surface area (TPSA) is 18.5 Å². The fourth-order valence-electron chi connectivity index (χ4n) is 2.91. The predicted octanol–water partition coefficient (Wildman–Crippen LogP) is 4.16. The third-order valence-corrected chi connectivity index (χ3v) is 4.01. The first-order chi connectivity index (χ1) is 10.3. The Morgan fingerprint density at radius 1 is 1.05 bits per heavy atom. The fraction of sp³-hybridized carbons (Fsp3) is 0.368. The van der Waals surface area contributed by atoms with E-state index in [2.05, 4.69) is 37.3 Å². The van der Waals surface area contributed by atoms with Crippen molar-refractivity contribution in [1.29, 1.82) is 0 Å². The summed E-state index contributed by atoms with van der Waals surface area (Å²) in [4.78, 5) is 0. The Morgan fingerprint density at radius 3 is 2.71 bits per heavy atom. The van der Waals surface area contributed by atoms with Gasteiger partial charge >= 0.3 is 0 Å². The minimum absolute atomic E-state index is 0.388. The summed E-state index contributed by atoms with van der Waals surface area (Å²) in [5.41, 5.74) is 4.02. The van der Waals surface area contributed by atoms with E-state index in [0.29, 0.717) is 12.7 Å². The Labute approximate surface area is 126 Å². The highest BCUT2D eigenvalue weighted by Gasteiger charge is 2.19. The SMILES string of the molecule is CCOC1CCc2cc(OCc3ccccc3)ccc2C1. The van der Waals surface area contributed by atoms with Crippen LogP contribution in [-0.4, -0.2) is 12.7 Å². The molecule has 2 aromatic carbocycles. The molecule has 0 aromatic heterocycles. The van der Waals surface area contributed by atoms with Gasteiger partial charge in [-0.1, -0.05) is 36.4 Å². The smallest absolute Gasteiger partial charge is 0.120 e. The molecule has 0 amide bonds. The minimum atomic E-state index is 0.388. The minimum Gasteiger partial charge on any atom is -0.489 e. The summed E-state index contributed by atoms with van der Waals surface area (Å²) < 4.78 is 11.6. The van der Waals surface area contributed by atoms with Crippen molar-refractivity contribution in [3.8, 4) is 5.75 Å². The number of fused-ring (bicyclic) bond motifs is 1. The van der Waals surface area contributed by atoms with E-state index in [9.17, 15) is 0 Å². The van der Waals surface area contributed by atoms with Crippen molar-refractivity contribution in [2.75, 3.05) is 6.61 Å². The van der Waals surface area contributed by atoms with Crippen molar-refractivity contribution in [2.24, 2.45) is 0 Å². The maximum Gasteiger partial charge on any atom is 0.120 e. The molecule has 0 bridgehead atoms. The van der Waals surface area contributed by atoms with Gasteiger partial charge in [0.2, 0.25) is 0 Å². The summed E-state index contributed by atoms with van der Waals surface area (Å²) in [6, 6.07) is 16.8. The van der Waals surface area contributed by atoms with Crippen LogP contribution in [0, 0.1) is 0 Å². The van der Waals surface area contributed by atoms with Crippen molar-refractivity contribution in [2.45, 2.75) is 38.9 Å². The first-order valence-corrected chi connectivity index (χ1v) is 7.75. The Bertz CT molecular complexity index is 577. The average Bonchev–Trinajstić information content (AvgIpc) is 2.54. The predicted molar refractivity (Wildman–Crippen MR) is 84.7 cm³/mol. The van der Waals surface area contributed by atoms with E-state index < -0.39 is 0 Å². The lowest BCUT2D eigenvalue weighted by Crippen LogP contribution is -2.22. The van der Waals surface area contributed by atoms with Crippen molar-refractivity contribution in [3.63, 3.8) is 0 Å². The molecular weight excluding hydrogens is 260 g/mol. The molecule has 0 aliphatic heterocycles. The van der Waals surface area contributed by atoms with Gasteiger partial charge in [0.25, 0.3) is 0 Å². The van der Waals surface area contributed by atoms with Crippen molar-refractivity contribution < 1.29 is 9.47 Å². The lowest BCUT2D eigenvalue weighted by molar-refractivity contribution is 0.0534. The van der Waals surface area contributed by atoms with Crippen LogP contribution in [0.4, 0.5) is 0 Å². The molecule has 1 unspecified atom stereocenters. The number of aryl methyl sites for hydroxylation is 1. The monoisotopic (exact) mass is 282 g/mol. The summed E-state index contributed by atoms with van der Waals surface area (Å²) in [7, 11) is 0. The van der Waals surface area contributed by atoms with Crippen LogP contribution in [0.2, 0.25) is 0 Å². The molecule has 21 heavy (non-hydrogen) atoms. The van der Waals surface area contributed by atoms with E-state index in [1.165, 1.54) is 16.7 Å². The molecule has 0 heterocycles. The van der Waals surface area contributed by atoms with E-state index in [4.69, 9.17) is 9.47 Å². The molecule has 1 aliphatic carbocycles. The van der Waals surface area contributed by atoms with E-state index in [-0.39, 0.29) is 0 Å². The van der Waals surface area contributed by atoms with Crippen molar-refractivity contribution in [3.05, 3.63) is 65.2 Å². The first-order valence-electron chi connectivity index (χ1n) is 7.75. The molecule has 0 radical (unpaired) electrons. The Hall–Kier alpha value is -1.80. The molecule has 2 nitrogen and oxygen atoms in total. The molecule has 0 fully saturated rings. The molecule has 0 saturated carbocycles. The maximum atomic E-state index is 5.90. The van der Waals surface area contributed by atoms with E-state index in [1.54, 1.807) is 0 Å². The van der Waals surface area contributed by atoms with E-state index in [1.807, 2.05) is 18.2 Å².